The maximum absolute atomic E-state index is 3.36. The second-order valence-electron chi connectivity index (χ2n) is 4.46. The van der Waals surface area contributed by atoms with Gasteiger partial charge in [0.05, 0.1) is 0 Å². The quantitative estimate of drug-likeness (QED) is 0.721. The van der Waals surface area contributed by atoms with E-state index in [1.807, 2.05) is 11.8 Å². The van der Waals surface area contributed by atoms with E-state index in [0.29, 0.717) is 0 Å². The van der Waals surface area contributed by atoms with Gasteiger partial charge >= 0.3 is 0 Å². The molecule has 0 fully saturated rings. The van der Waals surface area contributed by atoms with E-state index in [9.17, 15) is 0 Å². The first-order valence-electron chi connectivity index (χ1n) is 6.14. The van der Waals surface area contributed by atoms with Gasteiger partial charge in [-0.25, -0.2) is 0 Å². The summed E-state index contributed by atoms with van der Waals surface area (Å²) in [4.78, 5) is 1.40. The summed E-state index contributed by atoms with van der Waals surface area (Å²) in [5.41, 5.74) is 1.39. The largest absolute Gasteiger partial charge is 0.313 e. The Labute approximate surface area is 104 Å². The van der Waals surface area contributed by atoms with E-state index in [4.69, 9.17) is 0 Å². The van der Waals surface area contributed by atoms with Crippen molar-refractivity contribution in [1.29, 1.82) is 0 Å². The van der Waals surface area contributed by atoms with Crippen LogP contribution >= 0.6 is 11.8 Å². The van der Waals surface area contributed by atoms with Crippen molar-refractivity contribution < 1.29 is 0 Å². The van der Waals surface area contributed by atoms with E-state index >= 15 is 0 Å². The van der Waals surface area contributed by atoms with Crippen LogP contribution in [0.5, 0.6) is 0 Å². The van der Waals surface area contributed by atoms with Crippen LogP contribution in [0.15, 0.2) is 29.2 Å². The summed E-state index contributed by atoms with van der Waals surface area (Å²) in [6.07, 6.45) is 1.29. The number of nitrogens with one attached hydrogen (secondary N) is 1. The zero-order chi connectivity index (χ0) is 11.8. The van der Waals surface area contributed by atoms with Crippen LogP contribution in [-0.2, 0) is 6.54 Å². The molecule has 16 heavy (non-hydrogen) atoms. The Morgan fingerprint density at radius 2 is 2.12 bits per heavy atom. The normalized spacial score (nSPS) is 11.0. The van der Waals surface area contributed by atoms with E-state index < -0.39 is 0 Å². The molecular formula is C14H23NS. The van der Waals surface area contributed by atoms with Crippen LogP contribution < -0.4 is 5.32 Å². The van der Waals surface area contributed by atoms with Crippen molar-refractivity contribution in [3.63, 3.8) is 0 Å². The molecule has 1 nitrogen and oxygen atoms in total. The maximum Gasteiger partial charge on any atom is 0.0205 e. The summed E-state index contributed by atoms with van der Waals surface area (Å²) in [7, 11) is 0. The molecule has 0 heterocycles. The average molecular weight is 237 g/mol. The Morgan fingerprint density at radius 3 is 2.81 bits per heavy atom. The van der Waals surface area contributed by atoms with Gasteiger partial charge in [-0.1, -0.05) is 32.9 Å². The molecule has 1 aromatic carbocycles. The Hall–Kier alpha value is -0.470. The second kappa shape index (κ2) is 7.75. The highest BCUT2D eigenvalue weighted by Crippen LogP contribution is 2.21. The lowest BCUT2D eigenvalue weighted by Crippen LogP contribution is -2.11. The van der Waals surface area contributed by atoms with Crippen molar-refractivity contribution in [2.75, 3.05) is 12.3 Å². The van der Waals surface area contributed by atoms with Crippen molar-refractivity contribution in [2.45, 2.75) is 38.6 Å². The lowest BCUT2D eigenvalue weighted by molar-refractivity contribution is 0.632. The Kier molecular flexibility index (Phi) is 6.58. The smallest absolute Gasteiger partial charge is 0.0205 e. The zero-order valence-corrected chi connectivity index (χ0v) is 11.4. The fourth-order valence-electron chi connectivity index (χ4n) is 1.43. The van der Waals surface area contributed by atoms with Crippen molar-refractivity contribution in [2.24, 2.45) is 5.92 Å². The highest BCUT2D eigenvalue weighted by atomic mass is 32.2. The average Bonchev–Trinajstić information content (AvgIpc) is 2.26. The number of benzene rings is 1. The van der Waals surface area contributed by atoms with Gasteiger partial charge in [-0.3, -0.25) is 0 Å². The highest BCUT2D eigenvalue weighted by Gasteiger charge is 1.98. The molecule has 0 aliphatic rings. The first kappa shape index (κ1) is 13.6. The molecule has 0 bridgehead atoms. The number of thioether (sulfide) groups is 1. The van der Waals surface area contributed by atoms with E-state index in [-0.39, 0.29) is 0 Å². The molecule has 0 unspecified atom stereocenters. The summed E-state index contributed by atoms with van der Waals surface area (Å²) in [5.74, 6) is 2.03. The predicted molar refractivity (Wildman–Crippen MR) is 74.0 cm³/mol. The Morgan fingerprint density at radius 1 is 1.31 bits per heavy atom. The maximum atomic E-state index is 3.36. The van der Waals surface area contributed by atoms with Gasteiger partial charge in [-0.05, 0) is 42.3 Å². The molecule has 1 N–H and O–H groups in total. The molecule has 2 heteroatoms. The van der Waals surface area contributed by atoms with Gasteiger partial charge in [0.25, 0.3) is 0 Å². The van der Waals surface area contributed by atoms with Gasteiger partial charge < -0.3 is 5.32 Å². The van der Waals surface area contributed by atoms with Gasteiger partial charge in [0.1, 0.15) is 0 Å². The first-order valence-corrected chi connectivity index (χ1v) is 7.13. The molecule has 0 aliphatic heterocycles. The molecule has 0 amide bonds. The summed E-state index contributed by atoms with van der Waals surface area (Å²) in [5, 5.41) is 3.36. The number of rotatable bonds is 7. The fourth-order valence-corrected chi connectivity index (χ4v) is 2.66. The first-order chi connectivity index (χ1) is 7.72. The van der Waals surface area contributed by atoms with Crippen molar-refractivity contribution >= 4 is 11.8 Å². The molecule has 0 atom stereocenters. The lowest BCUT2D eigenvalue weighted by atomic mass is 10.2. The van der Waals surface area contributed by atoms with E-state index in [2.05, 4.69) is 50.4 Å². The minimum atomic E-state index is 0.803. The highest BCUT2D eigenvalue weighted by molar-refractivity contribution is 7.99. The minimum absolute atomic E-state index is 0.803. The van der Waals surface area contributed by atoms with Crippen molar-refractivity contribution in [1.82, 2.24) is 5.32 Å². The standard InChI is InChI=1S/C14H23NS/c1-4-15-11-13-6-5-7-14(10-13)16-9-8-12(2)3/h5-7,10,12,15H,4,8-9,11H2,1-3H3. The van der Waals surface area contributed by atoms with Crippen LogP contribution in [-0.4, -0.2) is 12.3 Å². The second-order valence-corrected chi connectivity index (χ2v) is 5.63. The predicted octanol–water partition coefficient (Wildman–Crippen LogP) is 3.93. The molecule has 0 aliphatic carbocycles. The number of hydrogen-bond acceptors (Lipinski definition) is 2. The van der Waals surface area contributed by atoms with E-state index in [0.717, 1.165) is 19.0 Å². The molecular weight excluding hydrogens is 214 g/mol. The molecule has 0 aromatic heterocycles. The van der Waals surface area contributed by atoms with Gasteiger partial charge in [0.15, 0.2) is 0 Å². The van der Waals surface area contributed by atoms with Crippen molar-refractivity contribution in [3.8, 4) is 0 Å². The molecule has 0 spiro atoms. The number of hydrogen-bond donors (Lipinski definition) is 1. The third-order valence-electron chi connectivity index (χ3n) is 2.44. The lowest BCUT2D eigenvalue weighted by Gasteiger charge is -2.07. The van der Waals surface area contributed by atoms with Crippen LogP contribution in [0, 0.1) is 5.92 Å². The van der Waals surface area contributed by atoms with Crippen LogP contribution in [0.3, 0.4) is 0 Å². The summed E-state index contributed by atoms with van der Waals surface area (Å²) < 4.78 is 0. The van der Waals surface area contributed by atoms with Gasteiger partial charge in [-0.15, -0.1) is 11.8 Å². The van der Waals surface area contributed by atoms with E-state index in [1.165, 1.54) is 22.6 Å². The third kappa shape index (κ3) is 5.57. The van der Waals surface area contributed by atoms with E-state index in [1.54, 1.807) is 0 Å². The molecule has 0 saturated carbocycles. The van der Waals surface area contributed by atoms with Crippen molar-refractivity contribution in [3.05, 3.63) is 29.8 Å². The molecule has 0 radical (unpaired) electrons. The molecule has 90 valence electrons. The molecule has 0 saturated heterocycles. The van der Waals surface area contributed by atoms with Gasteiger partial charge in [0, 0.05) is 11.4 Å². The monoisotopic (exact) mass is 237 g/mol. The zero-order valence-electron chi connectivity index (χ0n) is 10.6. The van der Waals surface area contributed by atoms with Crippen LogP contribution in [0.1, 0.15) is 32.8 Å². The van der Waals surface area contributed by atoms with Crippen LogP contribution in [0.4, 0.5) is 0 Å². The Bertz CT molecular complexity index is 297. The van der Waals surface area contributed by atoms with Gasteiger partial charge in [0.2, 0.25) is 0 Å². The topological polar surface area (TPSA) is 12.0 Å². The summed E-state index contributed by atoms with van der Waals surface area (Å²) >= 11 is 1.97. The third-order valence-corrected chi connectivity index (χ3v) is 3.47. The van der Waals surface area contributed by atoms with Gasteiger partial charge in [-0.2, -0.15) is 0 Å². The van der Waals surface area contributed by atoms with Crippen LogP contribution in [0.25, 0.3) is 0 Å². The molecule has 1 aromatic rings. The minimum Gasteiger partial charge on any atom is -0.313 e. The summed E-state index contributed by atoms with van der Waals surface area (Å²) in [6, 6.07) is 8.85. The fraction of sp³-hybridized carbons (Fsp3) is 0.571. The SMILES string of the molecule is CCNCc1cccc(SCCC(C)C)c1. The Balaban J connectivity index is 2.40. The van der Waals surface area contributed by atoms with Crippen LogP contribution in [0.2, 0.25) is 0 Å². The molecule has 1 rings (SSSR count). The summed E-state index contributed by atoms with van der Waals surface area (Å²) in [6.45, 7) is 8.71.